The van der Waals surface area contributed by atoms with E-state index in [4.69, 9.17) is 16.3 Å². The molecule has 1 spiro atoms. The summed E-state index contributed by atoms with van der Waals surface area (Å²) in [5.41, 5.74) is 1.39. The summed E-state index contributed by atoms with van der Waals surface area (Å²) >= 11 is 6.09. The van der Waals surface area contributed by atoms with Crippen molar-refractivity contribution in [1.82, 2.24) is 4.90 Å². The van der Waals surface area contributed by atoms with Gasteiger partial charge >= 0.3 is 0 Å². The van der Waals surface area contributed by atoms with E-state index in [0.29, 0.717) is 0 Å². The molecule has 4 rings (SSSR count). The highest BCUT2D eigenvalue weighted by atomic mass is 35.5. The normalized spacial score (nSPS) is 30.6. The molecular formula is C17H22ClNO. The molecule has 0 radical (unpaired) electrons. The molecule has 1 aromatic carbocycles. The minimum Gasteiger partial charge on any atom is -0.487 e. The van der Waals surface area contributed by atoms with Gasteiger partial charge in [0.15, 0.2) is 0 Å². The first-order valence-electron chi connectivity index (χ1n) is 7.96. The summed E-state index contributed by atoms with van der Waals surface area (Å²) in [6.45, 7) is 2.46. The van der Waals surface area contributed by atoms with Crippen molar-refractivity contribution in [3.8, 4) is 5.75 Å². The van der Waals surface area contributed by atoms with Crippen LogP contribution in [0.5, 0.6) is 5.75 Å². The maximum Gasteiger partial charge on any atom is 0.124 e. The summed E-state index contributed by atoms with van der Waals surface area (Å²) in [6.07, 6.45) is 8.91. The molecule has 1 atom stereocenters. The fraction of sp³-hybridized carbons (Fsp3) is 0.647. The second-order valence-corrected chi connectivity index (χ2v) is 7.12. The average molecular weight is 292 g/mol. The van der Waals surface area contributed by atoms with Gasteiger partial charge in [0.1, 0.15) is 11.4 Å². The third-order valence-corrected chi connectivity index (χ3v) is 5.63. The van der Waals surface area contributed by atoms with Crippen molar-refractivity contribution in [2.45, 2.75) is 56.6 Å². The van der Waals surface area contributed by atoms with Gasteiger partial charge in [-0.05, 0) is 49.9 Å². The number of halogens is 1. The molecule has 2 nitrogen and oxygen atoms in total. The summed E-state index contributed by atoms with van der Waals surface area (Å²) < 4.78 is 6.36. The molecule has 2 heterocycles. The Labute approximate surface area is 126 Å². The van der Waals surface area contributed by atoms with Crippen LogP contribution in [-0.4, -0.2) is 29.6 Å². The van der Waals surface area contributed by atoms with Gasteiger partial charge in [-0.1, -0.05) is 24.1 Å². The summed E-state index contributed by atoms with van der Waals surface area (Å²) in [5.74, 6) is 1.02. The molecular weight excluding hydrogens is 270 g/mol. The van der Waals surface area contributed by atoms with Gasteiger partial charge in [0.25, 0.3) is 0 Å². The van der Waals surface area contributed by atoms with Crippen molar-refractivity contribution in [2.24, 2.45) is 0 Å². The number of rotatable bonds is 1. The Morgan fingerprint density at radius 1 is 1.15 bits per heavy atom. The number of hydrogen-bond acceptors (Lipinski definition) is 2. The van der Waals surface area contributed by atoms with Crippen molar-refractivity contribution < 1.29 is 4.74 Å². The van der Waals surface area contributed by atoms with Gasteiger partial charge in [-0.3, -0.25) is 0 Å². The first-order chi connectivity index (χ1) is 9.74. The molecule has 2 fully saturated rings. The van der Waals surface area contributed by atoms with Crippen molar-refractivity contribution >= 4 is 11.6 Å². The lowest BCUT2D eigenvalue weighted by molar-refractivity contribution is 0.0695. The van der Waals surface area contributed by atoms with E-state index in [0.717, 1.165) is 29.7 Å². The van der Waals surface area contributed by atoms with Crippen LogP contribution < -0.4 is 4.74 Å². The molecule has 0 amide bonds. The molecule has 1 saturated heterocycles. The van der Waals surface area contributed by atoms with Crippen LogP contribution in [0.3, 0.4) is 0 Å². The first kappa shape index (κ1) is 13.0. The van der Waals surface area contributed by atoms with Gasteiger partial charge in [-0.25, -0.2) is 0 Å². The largest absolute Gasteiger partial charge is 0.487 e. The Morgan fingerprint density at radius 3 is 2.85 bits per heavy atom. The highest BCUT2D eigenvalue weighted by molar-refractivity contribution is 6.30. The Hall–Kier alpha value is -0.730. The second-order valence-electron chi connectivity index (χ2n) is 6.69. The van der Waals surface area contributed by atoms with Gasteiger partial charge in [0.05, 0.1) is 0 Å². The minimum absolute atomic E-state index is 0.0471. The highest BCUT2D eigenvalue weighted by Gasteiger charge is 2.41. The van der Waals surface area contributed by atoms with E-state index in [1.165, 1.54) is 50.8 Å². The van der Waals surface area contributed by atoms with Crippen LogP contribution in [0.4, 0.5) is 0 Å². The maximum atomic E-state index is 6.36. The average Bonchev–Trinajstić information content (AvgIpc) is 2.59. The number of fused-ring (bicyclic) bond motifs is 1. The molecule has 3 heteroatoms. The standard InChI is InChI=1S/C17H22ClNO/c18-14-6-5-13-12-17(20-16(13)11-14)7-2-9-19(10-8-17)15-3-1-4-15/h5-6,11,15H,1-4,7-10,12H2. The number of benzene rings is 1. The lowest BCUT2D eigenvalue weighted by Crippen LogP contribution is -2.42. The Kier molecular flexibility index (Phi) is 3.19. The smallest absolute Gasteiger partial charge is 0.124 e. The van der Waals surface area contributed by atoms with Crippen LogP contribution in [-0.2, 0) is 6.42 Å². The van der Waals surface area contributed by atoms with Gasteiger partial charge < -0.3 is 9.64 Å². The molecule has 2 aliphatic heterocycles. The van der Waals surface area contributed by atoms with Gasteiger partial charge in [0.2, 0.25) is 0 Å². The van der Waals surface area contributed by atoms with Gasteiger partial charge in [-0.2, -0.15) is 0 Å². The van der Waals surface area contributed by atoms with Gasteiger partial charge in [-0.15, -0.1) is 0 Å². The highest BCUT2D eigenvalue weighted by Crippen LogP contribution is 2.42. The van der Waals surface area contributed by atoms with E-state index in [1.807, 2.05) is 12.1 Å². The van der Waals surface area contributed by atoms with Crippen LogP contribution in [0.15, 0.2) is 18.2 Å². The lowest BCUT2D eigenvalue weighted by Gasteiger charge is -2.37. The molecule has 0 bridgehead atoms. The zero-order valence-electron chi connectivity index (χ0n) is 11.9. The summed E-state index contributed by atoms with van der Waals surface area (Å²) in [6, 6.07) is 6.98. The van der Waals surface area contributed by atoms with Crippen LogP contribution in [0.2, 0.25) is 5.02 Å². The number of hydrogen-bond donors (Lipinski definition) is 0. The lowest BCUT2D eigenvalue weighted by atomic mass is 9.89. The topological polar surface area (TPSA) is 12.5 Å². The molecule has 0 N–H and O–H groups in total. The molecule has 20 heavy (non-hydrogen) atoms. The molecule has 108 valence electrons. The number of nitrogens with zero attached hydrogens (tertiary/aromatic N) is 1. The summed E-state index contributed by atoms with van der Waals surface area (Å²) in [7, 11) is 0. The molecule has 1 aromatic rings. The zero-order chi connectivity index (χ0) is 13.6. The fourth-order valence-corrected chi connectivity index (χ4v) is 4.13. The molecule has 3 aliphatic rings. The second kappa shape index (κ2) is 4.92. The van der Waals surface area contributed by atoms with Crippen molar-refractivity contribution in [3.05, 3.63) is 28.8 Å². The SMILES string of the molecule is Clc1ccc2c(c1)OC1(CCCN(C3CCC3)CC1)C2. The maximum absolute atomic E-state index is 6.36. The Bertz CT molecular complexity index is 514. The van der Waals surface area contributed by atoms with E-state index < -0.39 is 0 Å². The molecule has 0 aromatic heterocycles. The van der Waals surface area contributed by atoms with Crippen molar-refractivity contribution in [3.63, 3.8) is 0 Å². The third kappa shape index (κ3) is 2.23. The van der Waals surface area contributed by atoms with E-state index in [-0.39, 0.29) is 5.60 Å². The predicted molar refractivity (Wildman–Crippen MR) is 81.6 cm³/mol. The first-order valence-corrected chi connectivity index (χ1v) is 8.33. The van der Waals surface area contributed by atoms with Crippen molar-refractivity contribution in [1.29, 1.82) is 0 Å². The summed E-state index contributed by atoms with van der Waals surface area (Å²) in [5, 5.41) is 0.783. The van der Waals surface area contributed by atoms with Gasteiger partial charge in [0, 0.05) is 30.5 Å². The quantitative estimate of drug-likeness (QED) is 0.774. The Balaban J connectivity index is 1.49. The van der Waals surface area contributed by atoms with E-state index in [2.05, 4.69) is 11.0 Å². The molecule has 1 saturated carbocycles. The monoisotopic (exact) mass is 291 g/mol. The zero-order valence-corrected chi connectivity index (χ0v) is 12.7. The van der Waals surface area contributed by atoms with Crippen LogP contribution in [0.1, 0.15) is 44.1 Å². The van der Waals surface area contributed by atoms with Crippen LogP contribution >= 0.6 is 11.6 Å². The number of ether oxygens (including phenoxy) is 1. The van der Waals surface area contributed by atoms with E-state index in [1.54, 1.807) is 0 Å². The van der Waals surface area contributed by atoms with E-state index >= 15 is 0 Å². The van der Waals surface area contributed by atoms with E-state index in [9.17, 15) is 0 Å². The number of likely N-dealkylation sites (tertiary alicyclic amines) is 1. The minimum atomic E-state index is 0.0471. The van der Waals surface area contributed by atoms with Crippen LogP contribution in [0, 0.1) is 0 Å². The molecule has 1 unspecified atom stereocenters. The fourth-order valence-electron chi connectivity index (χ4n) is 3.97. The third-order valence-electron chi connectivity index (χ3n) is 5.39. The summed E-state index contributed by atoms with van der Waals surface area (Å²) in [4.78, 5) is 2.71. The molecule has 1 aliphatic carbocycles. The Morgan fingerprint density at radius 2 is 2.05 bits per heavy atom. The predicted octanol–water partition coefficient (Wildman–Crippen LogP) is 4.05. The van der Waals surface area contributed by atoms with Crippen LogP contribution in [0.25, 0.3) is 0 Å². The van der Waals surface area contributed by atoms with Crippen molar-refractivity contribution in [2.75, 3.05) is 13.1 Å².